The van der Waals surface area contributed by atoms with Crippen LogP contribution in [-0.4, -0.2) is 67.4 Å². The highest BCUT2D eigenvalue weighted by Gasteiger charge is 2.38. The minimum Gasteiger partial charge on any atom is -0.453 e. The molecule has 7 rings (SSSR count). The maximum absolute atomic E-state index is 13.5. The largest absolute Gasteiger partial charge is 0.453 e. The molecule has 12 nitrogen and oxygen atoms in total. The number of nitrogens with one attached hydrogen (secondary N) is 4. The minimum atomic E-state index is -0.677. The number of methoxy groups -OCH3 is 1. The fraction of sp³-hybridized carbons (Fsp3) is 0.381. The Bertz CT molecular complexity index is 2040. The Morgan fingerprint density at radius 2 is 1.44 bits per heavy atom. The SMILES string of the molecule is COC(=O)N[C@H](C(=O)N1CCC[C@H]1c1ncc(-c2ccc(-c3ccc(-c4cnc([C@@H]5CCCC[C@@H]5C(=O)NCc5cccnc5)[nH]4)cc3)cc2)[nH]1)C(C)C. The number of benzene rings is 2. The molecule has 0 radical (unpaired) electrons. The predicted molar refractivity (Wildman–Crippen MR) is 206 cm³/mol. The number of ether oxygens (including phenoxy) is 1. The Balaban J connectivity index is 0.988. The van der Waals surface area contributed by atoms with E-state index in [0.29, 0.717) is 13.1 Å². The van der Waals surface area contributed by atoms with Gasteiger partial charge in [0.2, 0.25) is 11.8 Å². The van der Waals surface area contributed by atoms with Gasteiger partial charge < -0.3 is 30.2 Å². The summed E-state index contributed by atoms with van der Waals surface area (Å²) in [6.07, 6.45) is 12.1. The first-order valence-corrected chi connectivity index (χ1v) is 18.9. The van der Waals surface area contributed by atoms with Crippen molar-refractivity contribution < 1.29 is 19.1 Å². The van der Waals surface area contributed by atoms with E-state index in [1.54, 1.807) is 12.4 Å². The third kappa shape index (κ3) is 8.07. The Kier molecular flexibility index (Phi) is 11.2. The van der Waals surface area contributed by atoms with E-state index in [1.165, 1.54) is 7.11 Å². The number of aromatic nitrogens is 5. The Morgan fingerprint density at radius 1 is 0.815 bits per heavy atom. The first kappa shape index (κ1) is 36.6. The van der Waals surface area contributed by atoms with E-state index in [2.05, 4.69) is 79.1 Å². The number of aromatic amines is 2. The van der Waals surface area contributed by atoms with E-state index in [1.807, 2.05) is 43.3 Å². The number of rotatable bonds is 11. The average Bonchev–Trinajstić information content (AvgIpc) is 4.01. The van der Waals surface area contributed by atoms with Gasteiger partial charge in [0, 0.05) is 37.3 Å². The van der Waals surface area contributed by atoms with Crippen LogP contribution in [0, 0.1) is 11.8 Å². The zero-order valence-electron chi connectivity index (χ0n) is 31.0. The van der Waals surface area contributed by atoms with Crippen molar-refractivity contribution in [2.45, 2.75) is 76.9 Å². The number of H-pyrrole nitrogens is 2. The molecule has 4 N–H and O–H groups in total. The highest BCUT2D eigenvalue weighted by Crippen LogP contribution is 2.38. The summed E-state index contributed by atoms with van der Waals surface area (Å²) < 4.78 is 4.76. The topological polar surface area (TPSA) is 158 Å². The second-order valence-electron chi connectivity index (χ2n) is 14.6. The molecule has 1 saturated carbocycles. The third-order valence-corrected chi connectivity index (χ3v) is 10.8. The Labute approximate surface area is 315 Å². The van der Waals surface area contributed by atoms with E-state index in [9.17, 15) is 14.4 Å². The van der Waals surface area contributed by atoms with Gasteiger partial charge in [0.15, 0.2) is 0 Å². The molecule has 5 aromatic rings. The van der Waals surface area contributed by atoms with E-state index in [-0.39, 0.29) is 35.6 Å². The first-order chi connectivity index (χ1) is 26.3. The lowest BCUT2D eigenvalue weighted by molar-refractivity contribution is -0.135. The number of imidazole rings is 2. The normalized spacial score (nSPS) is 19.0. The molecule has 1 aliphatic heterocycles. The maximum atomic E-state index is 13.5. The molecule has 2 aliphatic rings. The van der Waals surface area contributed by atoms with Gasteiger partial charge >= 0.3 is 6.09 Å². The summed E-state index contributed by atoms with van der Waals surface area (Å²) in [4.78, 5) is 61.1. The zero-order chi connectivity index (χ0) is 37.6. The van der Waals surface area contributed by atoms with Gasteiger partial charge in [0.1, 0.15) is 17.7 Å². The van der Waals surface area contributed by atoms with E-state index in [4.69, 9.17) is 9.72 Å². The Morgan fingerprint density at radius 3 is 2.07 bits per heavy atom. The van der Waals surface area contributed by atoms with E-state index < -0.39 is 12.1 Å². The molecule has 54 heavy (non-hydrogen) atoms. The van der Waals surface area contributed by atoms with Crippen molar-refractivity contribution in [1.82, 2.24) is 40.5 Å². The number of alkyl carbamates (subject to hydrolysis) is 1. The lowest BCUT2D eigenvalue weighted by Crippen LogP contribution is -2.51. The van der Waals surface area contributed by atoms with Crippen LogP contribution in [0.5, 0.6) is 0 Å². The second-order valence-corrected chi connectivity index (χ2v) is 14.6. The molecule has 0 spiro atoms. The molecule has 0 bridgehead atoms. The third-order valence-electron chi connectivity index (χ3n) is 10.8. The molecular weight excluding hydrogens is 681 g/mol. The van der Waals surface area contributed by atoms with Gasteiger partial charge in [-0.15, -0.1) is 0 Å². The monoisotopic (exact) mass is 728 g/mol. The molecule has 4 heterocycles. The molecule has 280 valence electrons. The van der Waals surface area contributed by atoms with Gasteiger partial charge in [-0.3, -0.25) is 14.6 Å². The smallest absolute Gasteiger partial charge is 0.407 e. The summed E-state index contributed by atoms with van der Waals surface area (Å²) >= 11 is 0. The lowest BCUT2D eigenvalue weighted by Gasteiger charge is -2.30. The molecule has 12 heteroatoms. The van der Waals surface area contributed by atoms with Crippen LogP contribution in [-0.2, 0) is 20.9 Å². The van der Waals surface area contributed by atoms with Crippen LogP contribution >= 0.6 is 0 Å². The van der Waals surface area contributed by atoms with Gasteiger partial charge in [-0.05, 0) is 65.5 Å². The quantitative estimate of drug-likeness (QED) is 0.112. The van der Waals surface area contributed by atoms with Crippen LogP contribution in [0.3, 0.4) is 0 Å². The molecule has 1 aliphatic carbocycles. The van der Waals surface area contributed by atoms with Crippen molar-refractivity contribution in [1.29, 1.82) is 0 Å². The summed E-state index contributed by atoms with van der Waals surface area (Å²) in [6.45, 7) is 4.89. The molecule has 3 aromatic heterocycles. The highest BCUT2D eigenvalue weighted by atomic mass is 16.5. The number of hydrogen-bond donors (Lipinski definition) is 4. The summed E-state index contributed by atoms with van der Waals surface area (Å²) in [5.74, 6) is 1.39. The van der Waals surface area contributed by atoms with Crippen molar-refractivity contribution in [2.75, 3.05) is 13.7 Å². The molecule has 2 aromatic carbocycles. The molecule has 4 atom stereocenters. The molecule has 1 saturated heterocycles. The van der Waals surface area contributed by atoms with Crippen LogP contribution in [0.1, 0.15) is 81.5 Å². The van der Waals surface area contributed by atoms with Gasteiger partial charge in [0.25, 0.3) is 0 Å². The standard InChI is InChI=1S/C42H48N8O4/c1-26(2)37(49-42(53)54-3)41(52)50-21-7-11-36(50)39-45-25-35(48-39)31-18-14-29(15-19-31)28-12-16-30(17-13-28)34-24-44-38(47-34)32-9-4-5-10-33(32)40(51)46-23-27-8-6-20-43-22-27/h6,8,12-20,22,24-26,32-33,36-37H,4-5,7,9-11,21,23H2,1-3H3,(H,44,47)(H,45,48)(H,46,51)(H,49,53)/t32-,33+,36+,37+/m1/s1. The fourth-order valence-corrected chi connectivity index (χ4v) is 7.80. The van der Waals surface area contributed by atoms with E-state index in [0.717, 1.165) is 89.4 Å². The number of carbonyl (C=O) groups is 3. The predicted octanol–water partition coefficient (Wildman–Crippen LogP) is 7.16. The van der Waals surface area contributed by atoms with Crippen LogP contribution in [0.2, 0.25) is 0 Å². The molecular formula is C42H48N8O4. The maximum Gasteiger partial charge on any atom is 0.407 e. The van der Waals surface area contributed by atoms with Crippen molar-refractivity contribution in [3.63, 3.8) is 0 Å². The van der Waals surface area contributed by atoms with Crippen LogP contribution in [0.15, 0.2) is 85.5 Å². The average molecular weight is 729 g/mol. The summed E-state index contributed by atoms with van der Waals surface area (Å²) in [5, 5.41) is 5.82. The lowest BCUT2D eigenvalue weighted by atomic mass is 9.78. The number of amides is 3. The van der Waals surface area contributed by atoms with Crippen molar-refractivity contribution in [2.24, 2.45) is 11.8 Å². The first-order valence-electron chi connectivity index (χ1n) is 18.9. The number of nitrogens with zero attached hydrogens (tertiary/aromatic N) is 4. The van der Waals surface area contributed by atoms with Crippen LogP contribution in [0.4, 0.5) is 4.79 Å². The van der Waals surface area contributed by atoms with E-state index >= 15 is 0 Å². The fourth-order valence-electron chi connectivity index (χ4n) is 7.80. The second kappa shape index (κ2) is 16.5. The zero-order valence-corrected chi connectivity index (χ0v) is 31.0. The molecule has 3 amide bonds. The minimum absolute atomic E-state index is 0.0531. The van der Waals surface area contributed by atoms with Crippen molar-refractivity contribution >= 4 is 17.9 Å². The summed E-state index contributed by atoms with van der Waals surface area (Å²) in [7, 11) is 1.30. The summed E-state index contributed by atoms with van der Waals surface area (Å²) in [5.41, 5.74) is 7.00. The number of pyridine rings is 1. The highest BCUT2D eigenvalue weighted by molar-refractivity contribution is 5.86. The number of hydrogen-bond acceptors (Lipinski definition) is 7. The van der Waals surface area contributed by atoms with Gasteiger partial charge in [-0.2, -0.15) is 0 Å². The number of carbonyl (C=O) groups excluding carboxylic acids is 3. The van der Waals surface area contributed by atoms with Crippen LogP contribution < -0.4 is 10.6 Å². The van der Waals surface area contributed by atoms with Gasteiger partial charge in [-0.1, -0.05) is 81.3 Å². The van der Waals surface area contributed by atoms with Gasteiger partial charge in [-0.25, -0.2) is 14.8 Å². The van der Waals surface area contributed by atoms with Crippen molar-refractivity contribution in [3.05, 3.63) is 103 Å². The van der Waals surface area contributed by atoms with Crippen LogP contribution in [0.25, 0.3) is 33.6 Å². The van der Waals surface area contributed by atoms with Crippen molar-refractivity contribution in [3.8, 4) is 33.6 Å². The van der Waals surface area contributed by atoms with Gasteiger partial charge in [0.05, 0.1) is 36.9 Å². The molecule has 2 fully saturated rings. The summed E-state index contributed by atoms with van der Waals surface area (Å²) in [6, 6.07) is 19.7. The Hall–Kier alpha value is -5.78. The molecule has 0 unspecified atom stereocenters. The number of likely N-dealkylation sites (tertiary alicyclic amines) is 1.